The quantitative estimate of drug-likeness (QED) is 0.491. The van der Waals surface area contributed by atoms with Crippen LogP contribution in [0.2, 0.25) is 0 Å². The minimum atomic E-state index is -0.792. The van der Waals surface area contributed by atoms with Crippen molar-refractivity contribution in [2.45, 2.75) is 5.16 Å². The number of H-pyrrole nitrogens is 1. The van der Waals surface area contributed by atoms with Gasteiger partial charge >= 0.3 is 5.69 Å². The van der Waals surface area contributed by atoms with Gasteiger partial charge < -0.3 is 10.3 Å². The summed E-state index contributed by atoms with van der Waals surface area (Å²) in [4.78, 5) is 37.9. The van der Waals surface area contributed by atoms with Gasteiger partial charge in [-0.1, -0.05) is 42.1 Å². The first kappa shape index (κ1) is 17.7. The molecule has 9 nitrogen and oxygen atoms in total. The Bertz CT molecular complexity index is 1080. The Morgan fingerprint density at radius 2 is 1.85 bits per heavy atom. The highest BCUT2D eigenvalue weighted by Gasteiger charge is 2.20. The number of nitrogens with two attached hydrogens (primary N) is 1. The van der Waals surface area contributed by atoms with E-state index in [-0.39, 0.29) is 17.1 Å². The molecule has 0 amide bonds. The van der Waals surface area contributed by atoms with Crippen molar-refractivity contribution in [1.82, 2.24) is 24.3 Å². The highest BCUT2D eigenvalue weighted by Crippen LogP contribution is 2.23. The van der Waals surface area contributed by atoms with E-state index < -0.39 is 17.0 Å². The van der Waals surface area contributed by atoms with Crippen LogP contribution in [0.25, 0.3) is 11.4 Å². The van der Waals surface area contributed by atoms with E-state index in [9.17, 15) is 14.4 Å². The van der Waals surface area contributed by atoms with Crippen molar-refractivity contribution in [3.05, 3.63) is 56.7 Å². The normalized spacial score (nSPS) is 10.8. The second kappa shape index (κ2) is 7.00. The van der Waals surface area contributed by atoms with Crippen LogP contribution < -0.4 is 17.0 Å². The van der Waals surface area contributed by atoms with E-state index in [4.69, 9.17) is 5.73 Å². The smallest absolute Gasteiger partial charge is 0.329 e. The zero-order chi connectivity index (χ0) is 18.8. The zero-order valence-electron chi connectivity index (χ0n) is 14.1. The maximum Gasteiger partial charge on any atom is 0.329 e. The lowest BCUT2D eigenvalue weighted by molar-refractivity contribution is 0.102. The standard InChI is InChI=1S/C16H16N6O3S/c1-21-12(17)11(14(24)18-15(21)25)10(23)8-26-16-20-19-13(22(16)2)9-6-4-3-5-7-9/h3-7H,8,17H2,1-2H3,(H,18,24,25). The van der Waals surface area contributed by atoms with E-state index in [1.54, 1.807) is 11.6 Å². The highest BCUT2D eigenvalue weighted by atomic mass is 32.2. The molecule has 26 heavy (non-hydrogen) atoms. The number of nitrogens with one attached hydrogen (secondary N) is 1. The van der Waals surface area contributed by atoms with Gasteiger partial charge in [0.15, 0.2) is 16.8 Å². The minimum absolute atomic E-state index is 0.0632. The van der Waals surface area contributed by atoms with Gasteiger partial charge in [-0.2, -0.15) is 0 Å². The second-order valence-corrected chi connectivity index (χ2v) is 6.46. The number of benzene rings is 1. The molecule has 0 radical (unpaired) electrons. The molecule has 2 aromatic heterocycles. The molecule has 3 aromatic rings. The van der Waals surface area contributed by atoms with Gasteiger partial charge in [0.25, 0.3) is 5.56 Å². The molecular formula is C16H16N6O3S. The van der Waals surface area contributed by atoms with Gasteiger partial charge in [-0.3, -0.25) is 19.1 Å². The maximum atomic E-state index is 12.4. The molecule has 1 aromatic carbocycles. The van der Waals surface area contributed by atoms with Crippen LogP contribution in [0, 0.1) is 0 Å². The average molecular weight is 372 g/mol. The van der Waals surface area contributed by atoms with Crippen molar-refractivity contribution in [3.8, 4) is 11.4 Å². The summed E-state index contributed by atoms with van der Waals surface area (Å²) >= 11 is 1.14. The molecule has 0 fully saturated rings. The Morgan fingerprint density at radius 1 is 1.15 bits per heavy atom. The molecule has 3 rings (SSSR count). The number of Topliss-reactive ketones (excluding diaryl/α,β-unsaturated/α-hetero) is 1. The molecule has 0 aliphatic carbocycles. The first-order chi connectivity index (χ1) is 12.4. The SMILES string of the molecule is Cn1c(SCC(=O)c2c(N)n(C)c(=O)[nH]c2=O)nnc1-c1ccccc1. The second-order valence-electron chi connectivity index (χ2n) is 5.52. The number of carbonyl (C=O) groups is 1. The molecule has 2 heterocycles. The summed E-state index contributed by atoms with van der Waals surface area (Å²) in [6.07, 6.45) is 0. The third-order valence-electron chi connectivity index (χ3n) is 3.85. The number of hydrogen-bond acceptors (Lipinski definition) is 7. The van der Waals surface area contributed by atoms with Crippen molar-refractivity contribution >= 4 is 23.4 Å². The van der Waals surface area contributed by atoms with Crippen LogP contribution in [-0.4, -0.2) is 35.9 Å². The lowest BCUT2D eigenvalue weighted by atomic mass is 10.2. The Labute approximate surface area is 151 Å². The lowest BCUT2D eigenvalue weighted by Crippen LogP contribution is -2.35. The van der Waals surface area contributed by atoms with Gasteiger partial charge in [-0.05, 0) is 0 Å². The van der Waals surface area contributed by atoms with Crippen LogP contribution >= 0.6 is 11.8 Å². The fourth-order valence-electron chi connectivity index (χ4n) is 2.39. The number of rotatable bonds is 5. The van der Waals surface area contributed by atoms with Gasteiger partial charge in [0.1, 0.15) is 11.4 Å². The Morgan fingerprint density at radius 3 is 2.54 bits per heavy atom. The summed E-state index contributed by atoms with van der Waals surface area (Å²) in [5.74, 6) is -0.0485. The predicted octanol–water partition coefficient (Wildman–Crippen LogP) is 0.426. The van der Waals surface area contributed by atoms with Crippen molar-refractivity contribution in [1.29, 1.82) is 0 Å². The Balaban J connectivity index is 1.82. The Hall–Kier alpha value is -3.14. The first-order valence-corrected chi connectivity index (χ1v) is 8.58. The van der Waals surface area contributed by atoms with Gasteiger partial charge in [0.2, 0.25) is 0 Å². The number of nitrogen functional groups attached to an aromatic ring is 1. The van der Waals surface area contributed by atoms with Crippen LogP contribution in [0.4, 0.5) is 5.82 Å². The summed E-state index contributed by atoms with van der Waals surface area (Å²) in [5.41, 5.74) is 4.95. The first-order valence-electron chi connectivity index (χ1n) is 7.59. The molecule has 0 bridgehead atoms. The molecule has 0 aliphatic heterocycles. The topological polar surface area (TPSA) is 129 Å². The van der Waals surface area contributed by atoms with Crippen LogP contribution in [-0.2, 0) is 14.1 Å². The third kappa shape index (κ3) is 3.18. The van der Waals surface area contributed by atoms with E-state index in [0.717, 1.165) is 21.9 Å². The molecule has 10 heteroatoms. The monoisotopic (exact) mass is 372 g/mol. The van der Waals surface area contributed by atoms with E-state index >= 15 is 0 Å². The summed E-state index contributed by atoms with van der Waals surface area (Å²) in [7, 11) is 3.18. The van der Waals surface area contributed by atoms with Crippen molar-refractivity contribution in [3.63, 3.8) is 0 Å². The van der Waals surface area contributed by atoms with Crippen LogP contribution in [0.15, 0.2) is 45.1 Å². The van der Waals surface area contributed by atoms with E-state index in [0.29, 0.717) is 11.0 Å². The van der Waals surface area contributed by atoms with Gasteiger partial charge in [-0.25, -0.2) is 4.79 Å². The fourth-order valence-corrected chi connectivity index (χ4v) is 3.17. The number of nitrogens with zero attached hydrogens (tertiary/aromatic N) is 4. The van der Waals surface area contributed by atoms with Gasteiger partial charge in [0, 0.05) is 19.7 Å². The van der Waals surface area contributed by atoms with E-state index in [1.165, 1.54) is 7.05 Å². The number of anilines is 1. The van der Waals surface area contributed by atoms with Crippen molar-refractivity contribution < 1.29 is 4.79 Å². The molecule has 0 atom stereocenters. The molecule has 0 spiro atoms. The maximum absolute atomic E-state index is 12.4. The zero-order valence-corrected chi connectivity index (χ0v) is 14.9. The van der Waals surface area contributed by atoms with Crippen LogP contribution in [0.5, 0.6) is 0 Å². The molecule has 0 saturated heterocycles. The third-order valence-corrected chi connectivity index (χ3v) is 4.87. The van der Waals surface area contributed by atoms with Crippen LogP contribution in [0.1, 0.15) is 10.4 Å². The largest absolute Gasteiger partial charge is 0.384 e. The predicted molar refractivity (Wildman–Crippen MR) is 98.2 cm³/mol. The summed E-state index contributed by atoms with van der Waals surface area (Å²) in [6.45, 7) is 0. The Kier molecular flexibility index (Phi) is 4.76. The van der Waals surface area contributed by atoms with Crippen molar-refractivity contribution in [2.24, 2.45) is 14.1 Å². The van der Waals surface area contributed by atoms with Crippen LogP contribution in [0.3, 0.4) is 0 Å². The lowest BCUT2D eigenvalue weighted by Gasteiger charge is -2.07. The molecule has 3 N–H and O–H groups in total. The molecule has 134 valence electrons. The number of carbonyl (C=O) groups excluding carboxylic acids is 1. The van der Waals surface area contributed by atoms with Gasteiger partial charge in [-0.15, -0.1) is 10.2 Å². The number of hydrogen-bond donors (Lipinski definition) is 2. The number of thioether (sulfide) groups is 1. The number of aromatic amines is 1. The summed E-state index contributed by atoms with van der Waals surface area (Å²) in [5, 5.41) is 8.75. The number of ketones is 1. The molecule has 0 saturated carbocycles. The molecule has 0 unspecified atom stereocenters. The fraction of sp³-hybridized carbons (Fsp3) is 0.188. The molecular weight excluding hydrogens is 356 g/mol. The van der Waals surface area contributed by atoms with Gasteiger partial charge in [0.05, 0.1) is 5.75 Å². The van der Waals surface area contributed by atoms with E-state index in [1.807, 2.05) is 30.3 Å². The summed E-state index contributed by atoms with van der Waals surface area (Å²) < 4.78 is 2.79. The molecule has 0 aliphatic rings. The van der Waals surface area contributed by atoms with E-state index in [2.05, 4.69) is 15.2 Å². The highest BCUT2D eigenvalue weighted by molar-refractivity contribution is 7.99. The summed E-state index contributed by atoms with van der Waals surface area (Å²) in [6, 6.07) is 9.52. The van der Waals surface area contributed by atoms with Crippen molar-refractivity contribution in [2.75, 3.05) is 11.5 Å². The average Bonchev–Trinajstić information content (AvgIpc) is 2.99. The number of aromatic nitrogens is 5. The minimum Gasteiger partial charge on any atom is -0.384 e.